The molecular weight excluding hydrogens is 342 g/mol. The van der Waals surface area contributed by atoms with Crippen LogP contribution in [-0.4, -0.2) is 27.9 Å². The second kappa shape index (κ2) is 7.63. The third-order valence-corrected chi connectivity index (χ3v) is 4.25. The summed E-state index contributed by atoms with van der Waals surface area (Å²) in [6.07, 6.45) is 3.22. The van der Waals surface area contributed by atoms with Gasteiger partial charge in [-0.15, -0.1) is 0 Å². The molecule has 1 aliphatic heterocycles. The molecule has 0 saturated heterocycles. The van der Waals surface area contributed by atoms with Crippen molar-refractivity contribution in [3.63, 3.8) is 0 Å². The van der Waals surface area contributed by atoms with Crippen LogP contribution in [0.5, 0.6) is 0 Å². The molecule has 0 aliphatic carbocycles. The summed E-state index contributed by atoms with van der Waals surface area (Å²) < 4.78 is 28.5. The van der Waals surface area contributed by atoms with E-state index < -0.39 is 17.5 Å². The van der Waals surface area contributed by atoms with Gasteiger partial charge < -0.3 is 15.2 Å². The fraction of sp³-hybridized carbons (Fsp3) is 0.389. The molecule has 6 nitrogen and oxygen atoms in total. The summed E-state index contributed by atoms with van der Waals surface area (Å²) >= 11 is 0. The van der Waals surface area contributed by atoms with Crippen LogP contribution >= 0.6 is 0 Å². The van der Waals surface area contributed by atoms with Gasteiger partial charge in [0.25, 0.3) is 11.8 Å². The molecule has 138 valence electrons. The monoisotopic (exact) mass is 362 g/mol. The summed E-state index contributed by atoms with van der Waals surface area (Å²) in [5, 5.41) is 5.17. The van der Waals surface area contributed by atoms with Crippen LogP contribution in [0.3, 0.4) is 0 Å². The zero-order chi connectivity index (χ0) is 18.7. The fourth-order valence-corrected chi connectivity index (χ4v) is 2.99. The van der Waals surface area contributed by atoms with Gasteiger partial charge in [-0.1, -0.05) is 6.92 Å². The fourth-order valence-electron chi connectivity index (χ4n) is 2.99. The number of amides is 2. The molecule has 1 aromatic heterocycles. The van der Waals surface area contributed by atoms with Crippen molar-refractivity contribution in [3.05, 3.63) is 47.0 Å². The number of hydrogen-bond donors (Lipinski definition) is 2. The molecule has 2 N–H and O–H groups in total. The Morgan fingerprint density at radius 1 is 1.23 bits per heavy atom. The number of imidazole rings is 1. The number of anilines is 1. The summed E-state index contributed by atoms with van der Waals surface area (Å²) in [6.45, 7) is 3.03. The summed E-state index contributed by atoms with van der Waals surface area (Å²) in [6, 6.07) is 2.90. The van der Waals surface area contributed by atoms with Crippen LogP contribution < -0.4 is 10.6 Å². The first kappa shape index (κ1) is 18.0. The molecule has 0 saturated carbocycles. The third-order valence-electron chi connectivity index (χ3n) is 4.25. The topological polar surface area (TPSA) is 76.0 Å². The van der Waals surface area contributed by atoms with Gasteiger partial charge in [0.05, 0.1) is 11.4 Å². The van der Waals surface area contributed by atoms with Crippen molar-refractivity contribution < 1.29 is 18.4 Å². The summed E-state index contributed by atoms with van der Waals surface area (Å²) in [7, 11) is 0. The van der Waals surface area contributed by atoms with Gasteiger partial charge in [0, 0.05) is 19.2 Å². The zero-order valence-electron chi connectivity index (χ0n) is 14.4. The molecular formula is C18H20F2N4O2. The van der Waals surface area contributed by atoms with Crippen LogP contribution in [0, 0.1) is 11.6 Å². The molecule has 3 rings (SSSR count). The second-order valence-corrected chi connectivity index (χ2v) is 6.17. The summed E-state index contributed by atoms with van der Waals surface area (Å²) in [5.74, 6) is -2.49. The van der Waals surface area contributed by atoms with Crippen molar-refractivity contribution in [1.29, 1.82) is 0 Å². The first-order chi connectivity index (χ1) is 12.5. The van der Waals surface area contributed by atoms with Gasteiger partial charge in [0.1, 0.15) is 17.3 Å². The number of benzene rings is 1. The van der Waals surface area contributed by atoms with E-state index in [9.17, 15) is 18.4 Å². The second-order valence-electron chi connectivity index (χ2n) is 6.17. The summed E-state index contributed by atoms with van der Waals surface area (Å²) in [4.78, 5) is 29.2. The maximum atomic E-state index is 13.8. The first-order valence-corrected chi connectivity index (χ1v) is 8.65. The van der Waals surface area contributed by atoms with Crippen LogP contribution in [0.4, 0.5) is 14.5 Å². The van der Waals surface area contributed by atoms with Crippen molar-refractivity contribution in [2.45, 2.75) is 39.2 Å². The predicted octanol–water partition coefficient (Wildman–Crippen LogP) is 2.89. The zero-order valence-corrected chi connectivity index (χ0v) is 14.4. The Hall–Kier alpha value is -2.77. The Morgan fingerprint density at radius 3 is 2.77 bits per heavy atom. The molecule has 0 atom stereocenters. The maximum absolute atomic E-state index is 13.8. The molecule has 26 heavy (non-hydrogen) atoms. The number of rotatable bonds is 5. The maximum Gasteiger partial charge on any atom is 0.291 e. The number of fused-ring (bicyclic) bond motifs is 1. The normalized spacial score (nSPS) is 13.2. The van der Waals surface area contributed by atoms with Gasteiger partial charge in [0.2, 0.25) is 0 Å². The SMILES string of the molecule is CCCNC(=O)c1nc(C(=O)Nc2ccc(F)cc2F)n2c1CCCC2. The largest absolute Gasteiger partial charge is 0.351 e. The predicted molar refractivity (Wildman–Crippen MR) is 92.1 cm³/mol. The van der Waals surface area contributed by atoms with Crippen molar-refractivity contribution in [3.8, 4) is 0 Å². The Bertz CT molecular complexity index is 848. The molecule has 2 aromatic rings. The van der Waals surface area contributed by atoms with Crippen LogP contribution in [0.25, 0.3) is 0 Å². The lowest BCUT2D eigenvalue weighted by Gasteiger charge is -2.17. The highest BCUT2D eigenvalue weighted by molar-refractivity contribution is 6.03. The molecule has 0 unspecified atom stereocenters. The van der Waals surface area contributed by atoms with E-state index in [4.69, 9.17) is 0 Å². The van der Waals surface area contributed by atoms with E-state index in [0.717, 1.165) is 37.1 Å². The quantitative estimate of drug-likeness (QED) is 0.859. The number of nitrogens with zero attached hydrogens (tertiary/aromatic N) is 2. The Balaban J connectivity index is 1.90. The van der Waals surface area contributed by atoms with Crippen molar-refractivity contribution in [1.82, 2.24) is 14.9 Å². The van der Waals surface area contributed by atoms with Gasteiger partial charge in [-0.2, -0.15) is 0 Å². The Kier molecular flexibility index (Phi) is 5.29. The van der Waals surface area contributed by atoms with E-state index in [-0.39, 0.29) is 23.1 Å². The van der Waals surface area contributed by atoms with Crippen molar-refractivity contribution in [2.75, 3.05) is 11.9 Å². The average molecular weight is 362 g/mol. The van der Waals surface area contributed by atoms with E-state index in [0.29, 0.717) is 25.6 Å². The van der Waals surface area contributed by atoms with Gasteiger partial charge in [-0.05, 0) is 37.8 Å². The minimum atomic E-state index is -0.871. The van der Waals surface area contributed by atoms with Crippen LogP contribution in [0.15, 0.2) is 18.2 Å². The van der Waals surface area contributed by atoms with Crippen LogP contribution in [-0.2, 0) is 13.0 Å². The molecule has 1 aromatic carbocycles. The van der Waals surface area contributed by atoms with Gasteiger partial charge in [-0.3, -0.25) is 9.59 Å². The smallest absolute Gasteiger partial charge is 0.291 e. The highest BCUT2D eigenvalue weighted by Crippen LogP contribution is 2.23. The summed E-state index contributed by atoms with van der Waals surface area (Å²) in [5.41, 5.74) is 0.819. The Morgan fingerprint density at radius 2 is 2.04 bits per heavy atom. The minimum Gasteiger partial charge on any atom is -0.351 e. The number of hydrogen-bond acceptors (Lipinski definition) is 3. The lowest BCUT2D eigenvalue weighted by Crippen LogP contribution is -2.26. The van der Waals surface area contributed by atoms with Gasteiger partial charge in [0.15, 0.2) is 5.82 Å². The molecule has 0 radical (unpaired) electrons. The molecule has 0 bridgehead atoms. The number of aromatic nitrogens is 2. The van der Waals surface area contributed by atoms with E-state index in [1.165, 1.54) is 0 Å². The molecule has 8 heteroatoms. The van der Waals surface area contributed by atoms with E-state index in [2.05, 4.69) is 15.6 Å². The van der Waals surface area contributed by atoms with Crippen LogP contribution in [0.2, 0.25) is 0 Å². The molecule has 0 fully saturated rings. The van der Waals surface area contributed by atoms with E-state index in [1.54, 1.807) is 4.57 Å². The minimum absolute atomic E-state index is 0.0603. The van der Waals surface area contributed by atoms with Crippen molar-refractivity contribution >= 4 is 17.5 Å². The standard InChI is InChI=1S/C18H20F2N4O2/c1-2-8-21-17(25)15-14-5-3-4-9-24(14)16(23-15)18(26)22-13-7-6-11(19)10-12(13)20/h6-7,10H,2-5,8-9H2,1H3,(H,21,25)(H,22,26). The lowest BCUT2D eigenvalue weighted by molar-refractivity contribution is 0.0947. The third kappa shape index (κ3) is 3.58. The lowest BCUT2D eigenvalue weighted by atomic mass is 10.1. The number of carbonyl (C=O) groups excluding carboxylic acids is 2. The first-order valence-electron chi connectivity index (χ1n) is 8.65. The average Bonchev–Trinajstić information content (AvgIpc) is 3.02. The number of carbonyl (C=O) groups is 2. The van der Waals surface area contributed by atoms with E-state index >= 15 is 0 Å². The molecule has 1 aliphatic rings. The van der Waals surface area contributed by atoms with Crippen LogP contribution in [0.1, 0.15) is 53.0 Å². The molecule has 2 amide bonds. The van der Waals surface area contributed by atoms with Crippen molar-refractivity contribution in [2.24, 2.45) is 0 Å². The Labute approximate surface area is 149 Å². The van der Waals surface area contributed by atoms with E-state index in [1.807, 2.05) is 6.92 Å². The number of nitrogens with one attached hydrogen (secondary N) is 2. The highest BCUT2D eigenvalue weighted by atomic mass is 19.1. The van der Waals surface area contributed by atoms with Gasteiger partial charge >= 0.3 is 0 Å². The van der Waals surface area contributed by atoms with Gasteiger partial charge in [-0.25, -0.2) is 13.8 Å². The highest BCUT2D eigenvalue weighted by Gasteiger charge is 2.27. The molecule has 2 heterocycles. The number of halogens is 2. The molecule has 0 spiro atoms.